The van der Waals surface area contributed by atoms with Crippen LogP contribution in [0.25, 0.3) is 17.2 Å². The van der Waals surface area contributed by atoms with Crippen LogP contribution in [0.4, 0.5) is 5.69 Å². The summed E-state index contributed by atoms with van der Waals surface area (Å²) >= 11 is 0. The summed E-state index contributed by atoms with van der Waals surface area (Å²) in [5.74, 6) is 0.677. The minimum absolute atomic E-state index is 0.677. The Bertz CT molecular complexity index is 1170. The Morgan fingerprint density at radius 3 is 2.18 bits per heavy atom. The van der Waals surface area contributed by atoms with Gasteiger partial charge in [-0.25, -0.2) is 0 Å². The van der Waals surface area contributed by atoms with Crippen LogP contribution >= 0.6 is 0 Å². The average Bonchev–Trinajstić information content (AvgIpc) is 3.15. The summed E-state index contributed by atoms with van der Waals surface area (Å²) in [6.45, 7) is 11.7. The predicted octanol–water partition coefficient (Wildman–Crippen LogP) is 8.53. The first-order valence-corrected chi connectivity index (χ1v) is 12.6. The molecule has 3 nitrogen and oxygen atoms in total. The van der Waals surface area contributed by atoms with Gasteiger partial charge in [0.25, 0.3) is 0 Å². The molecule has 4 rings (SSSR count). The molecule has 34 heavy (non-hydrogen) atoms. The highest BCUT2D eigenvalue weighted by Crippen LogP contribution is 2.38. The molecule has 1 N–H and O–H groups in total. The van der Waals surface area contributed by atoms with Crippen molar-refractivity contribution in [2.45, 2.75) is 60.4 Å². The molecule has 0 spiro atoms. The van der Waals surface area contributed by atoms with Gasteiger partial charge in [0.1, 0.15) is 0 Å². The van der Waals surface area contributed by atoms with Gasteiger partial charge in [0.2, 0.25) is 0 Å². The van der Waals surface area contributed by atoms with Crippen LogP contribution in [0.15, 0.2) is 67.0 Å². The van der Waals surface area contributed by atoms with Gasteiger partial charge < -0.3 is 9.88 Å². The van der Waals surface area contributed by atoms with Crippen LogP contribution < -0.4 is 5.32 Å². The van der Waals surface area contributed by atoms with E-state index in [1.807, 2.05) is 26.0 Å². The third-order valence-electron chi connectivity index (χ3n) is 6.37. The standard InChI is InChI=1S/C29H31N3.C2H6/c1-4-6-22(5-2)20-32-16-15-28-29(32)17-26(24-13-9-23(18-30)10-14-24)27(19-31-28)25-11-7-21(3)8-12-25;1-2/h7-17,19,22,31H,4-6,20H2,1-3H3;1-2H3. The van der Waals surface area contributed by atoms with Crippen LogP contribution in [0.2, 0.25) is 0 Å². The molecule has 176 valence electrons. The topological polar surface area (TPSA) is 40.8 Å². The van der Waals surface area contributed by atoms with Crippen molar-refractivity contribution < 1.29 is 0 Å². The second kappa shape index (κ2) is 12.1. The zero-order chi connectivity index (χ0) is 24.5. The lowest BCUT2D eigenvalue weighted by Crippen LogP contribution is -2.10. The zero-order valence-corrected chi connectivity index (χ0v) is 21.2. The maximum absolute atomic E-state index is 9.24. The first-order valence-electron chi connectivity index (χ1n) is 12.6. The number of hydrogen-bond donors (Lipinski definition) is 1. The van der Waals surface area contributed by atoms with Crippen molar-refractivity contribution in [1.29, 1.82) is 5.26 Å². The molecule has 0 aliphatic carbocycles. The molecule has 1 atom stereocenters. The molecule has 2 aromatic carbocycles. The fraction of sp³-hybridized carbons (Fsp3) is 0.323. The number of allylic oxidation sites excluding steroid dienone is 2. The van der Waals surface area contributed by atoms with Gasteiger partial charge in [0.15, 0.2) is 0 Å². The lowest BCUT2D eigenvalue weighted by Gasteiger charge is -2.17. The number of aromatic nitrogens is 1. The number of nitrogens with one attached hydrogen (secondary N) is 1. The Balaban J connectivity index is 0.00000158. The van der Waals surface area contributed by atoms with E-state index in [4.69, 9.17) is 0 Å². The van der Waals surface area contributed by atoms with Gasteiger partial charge in [-0.05, 0) is 60.2 Å². The highest BCUT2D eigenvalue weighted by molar-refractivity contribution is 6.12. The number of benzene rings is 2. The molecular weight excluding hydrogens is 414 g/mol. The number of nitriles is 1. The second-order valence-electron chi connectivity index (χ2n) is 8.65. The van der Waals surface area contributed by atoms with Crippen molar-refractivity contribution in [3.63, 3.8) is 0 Å². The van der Waals surface area contributed by atoms with Crippen molar-refractivity contribution in [3.8, 4) is 6.07 Å². The highest BCUT2D eigenvalue weighted by Gasteiger charge is 2.19. The van der Waals surface area contributed by atoms with Gasteiger partial charge in [0.05, 0.1) is 23.0 Å². The van der Waals surface area contributed by atoms with E-state index in [0.29, 0.717) is 11.5 Å². The minimum atomic E-state index is 0.677. The summed E-state index contributed by atoms with van der Waals surface area (Å²) in [6.07, 6.45) is 10.3. The summed E-state index contributed by atoms with van der Waals surface area (Å²) < 4.78 is 2.39. The Hall–Kier alpha value is -3.51. The molecule has 1 aliphatic heterocycles. The van der Waals surface area contributed by atoms with E-state index in [9.17, 15) is 5.26 Å². The van der Waals surface area contributed by atoms with Crippen molar-refractivity contribution in [1.82, 2.24) is 4.57 Å². The molecule has 3 heteroatoms. The van der Waals surface area contributed by atoms with E-state index in [0.717, 1.165) is 28.9 Å². The smallest absolute Gasteiger partial charge is 0.0991 e. The zero-order valence-electron chi connectivity index (χ0n) is 21.2. The van der Waals surface area contributed by atoms with Crippen molar-refractivity contribution in [3.05, 3.63) is 94.9 Å². The van der Waals surface area contributed by atoms with Crippen LogP contribution in [-0.4, -0.2) is 4.57 Å². The molecule has 0 radical (unpaired) electrons. The minimum Gasteiger partial charge on any atom is -0.359 e. The molecule has 1 aromatic heterocycles. The normalized spacial score (nSPS) is 13.2. The molecule has 2 heterocycles. The molecule has 0 saturated heterocycles. The van der Waals surface area contributed by atoms with E-state index in [1.165, 1.54) is 36.1 Å². The molecule has 0 bridgehead atoms. The first kappa shape index (κ1) is 25.1. The molecular formula is C31H37N3. The van der Waals surface area contributed by atoms with Gasteiger partial charge in [0, 0.05) is 24.5 Å². The number of hydrogen-bond acceptors (Lipinski definition) is 2. The van der Waals surface area contributed by atoms with Crippen LogP contribution in [0, 0.1) is 24.2 Å². The SMILES string of the molecule is CC.CCCC(CC)Cn1ccc2c1C=C(c1ccc(C#N)cc1)C(c1ccc(C)cc1)=CN2. The van der Waals surface area contributed by atoms with E-state index >= 15 is 0 Å². The Morgan fingerprint density at radius 1 is 0.912 bits per heavy atom. The number of anilines is 1. The highest BCUT2D eigenvalue weighted by atomic mass is 15.0. The number of fused-ring (bicyclic) bond motifs is 1. The summed E-state index contributed by atoms with van der Waals surface area (Å²) in [5.41, 5.74) is 8.85. The van der Waals surface area contributed by atoms with E-state index in [1.54, 1.807) is 0 Å². The van der Waals surface area contributed by atoms with Crippen LogP contribution in [0.5, 0.6) is 0 Å². The molecule has 1 unspecified atom stereocenters. The number of nitrogens with zero attached hydrogens (tertiary/aromatic N) is 2. The lowest BCUT2D eigenvalue weighted by molar-refractivity contribution is 0.399. The Morgan fingerprint density at radius 2 is 1.56 bits per heavy atom. The fourth-order valence-electron chi connectivity index (χ4n) is 4.42. The molecule has 0 amide bonds. The van der Waals surface area contributed by atoms with Crippen LogP contribution in [-0.2, 0) is 6.54 Å². The lowest BCUT2D eigenvalue weighted by atomic mass is 9.91. The largest absolute Gasteiger partial charge is 0.359 e. The monoisotopic (exact) mass is 451 g/mol. The molecule has 3 aromatic rings. The maximum Gasteiger partial charge on any atom is 0.0991 e. The van der Waals surface area contributed by atoms with Crippen LogP contribution in [0.1, 0.15) is 74.9 Å². The summed E-state index contributed by atoms with van der Waals surface area (Å²) in [6, 6.07) is 21.0. The number of aryl methyl sites for hydroxylation is 1. The molecule has 0 saturated carbocycles. The fourth-order valence-corrected chi connectivity index (χ4v) is 4.42. The van der Waals surface area contributed by atoms with Crippen LogP contribution in [0.3, 0.4) is 0 Å². The Kier molecular flexibility index (Phi) is 8.93. The predicted molar refractivity (Wildman–Crippen MR) is 146 cm³/mol. The van der Waals surface area contributed by atoms with E-state index in [-0.39, 0.29) is 0 Å². The van der Waals surface area contributed by atoms with Gasteiger partial charge in [-0.2, -0.15) is 5.26 Å². The van der Waals surface area contributed by atoms with Crippen molar-refractivity contribution in [2.75, 3.05) is 5.32 Å². The van der Waals surface area contributed by atoms with Gasteiger partial charge >= 0.3 is 0 Å². The third kappa shape index (κ3) is 5.69. The van der Waals surface area contributed by atoms with Gasteiger partial charge in [-0.1, -0.05) is 82.5 Å². The first-order chi connectivity index (χ1) is 16.6. The maximum atomic E-state index is 9.24. The quantitative estimate of drug-likeness (QED) is 0.391. The van der Waals surface area contributed by atoms with Crippen molar-refractivity contribution >= 4 is 22.9 Å². The van der Waals surface area contributed by atoms with Crippen molar-refractivity contribution in [2.24, 2.45) is 5.92 Å². The van der Waals surface area contributed by atoms with Gasteiger partial charge in [-0.15, -0.1) is 0 Å². The number of rotatable bonds is 7. The summed E-state index contributed by atoms with van der Waals surface area (Å²) in [4.78, 5) is 0. The third-order valence-corrected chi connectivity index (χ3v) is 6.37. The van der Waals surface area contributed by atoms with E-state index in [2.05, 4.69) is 97.7 Å². The molecule has 0 fully saturated rings. The average molecular weight is 452 g/mol. The summed E-state index contributed by atoms with van der Waals surface area (Å²) in [5, 5.41) is 12.8. The molecule has 1 aliphatic rings. The Labute approximate surface area is 205 Å². The second-order valence-corrected chi connectivity index (χ2v) is 8.65. The van der Waals surface area contributed by atoms with E-state index < -0.39 is 0 Å². The van der Waals surface area contributed by atoms with Gasteiger partial charge in [-0.3, -0.25) is 0 Å². The summed E-state index contributed by atoms with van der Waals surface area (Å²) in [7, 11) is 0.